The summed E-state index contributed by atoms with van der Waals surface area (Å²) in [6, 6.07) is 4.66. The molecule has 0 bridgehead atoms. The van der Waals surface area contributed by atoms with Gasteiger partial charge in [0.1, 0.15) is 5.03 Å². The predicted octanol–water partition coefficient (Wildman–Crippen LogP) is 2.79. The molecule has 7 heteroatoms. The normalized spacial score (nSPS) is 10.4. The van der Waals surface area contributed by atoms with Gasteiger partial charge in [-0.25, -0.2) is 18.6 Å². The number of aromatic nitrogens is 1. The first-order chi connectivity index (χ1) is 8.97. The Labute approximate surface area is 111 Å². The molecule has 0 aliphatic heterocycles. The molecule has 0 spiro atoms. The summed E-state index contributed by atoms with van der Waals surface area (Å²) in [5.41, 5.74) is 5.43. The van der Waals surface area contributed by atoms with Crippen LogP contribution in [-0.4, -0.2) is 16.1 Å². The van der Waals surface area contributed by atoms with Gasteiger partial charge in [-0.1, -0.05) is 11.8 Å². The van der Waals surface area contributed by atoms with Crippen molar-refractivity contribution in [2.24, 2.45) is 0 Å². The first-order valence-corrected chi connectivity index (χ1v) is 5.90. The van der Waals surface area contributed by atoms with Crippen molar-refractivity contribution in [2.45, 2.75) is 9.92 Å². The van der Waals surface area contributed by atoms with Crippen LogP contribution in [0.3, 0.4) is 0 Å². The number of anilines is 1. The fourth-order valence-corrected chi connectivity index (χ4v) is 2.17. The molecular weight excluding hydrogens is 274 g/mol. The molecule has 0 amide bonds. The summed E-state index contributed by atoms with van der Waals surface area (Å²) >= 11 is 1.01. The Morgan fingerprint density at radius 2 is 2.00 bits per heavy atom. The van der Waals surface area contributed by atoms with Crippen LogP contribution in [0.2, 0.25) is 0 Å². The summed E-state index contributed by atoms with van der Waals surface area (Å²) in [5, 5.41) is 9.24. The molecule has 0 saturated heterocycles. The van der Waals surface area contributed by atoms with Crippen molar-refractivity contribution < 1.29 is 18.7 Å². The van der Waals surface area contributed by atoms with Crippen LogP contribution in [-0.2, 0) is 0 Å². The Bertz CT molecular complexity index is 650. The van der Waals surface area contributed by atoms with Crippen molar-refractivity contribution in [3.8, 4) is 0 Å². The largest absolute Gasteiger partial charge is 0.478 e. The van der Waals surface area contributed by atoms with E-state index in [1.807, 2.05) is 0 Å². The van der Waals surface area contributed by atoms with Crippen molar-refractivity contribution in [2.75, 3.05) is 5.73 Å². The lowest BCUT2D eigenvalue weighted by atomic mass is 10.2. The molecule has 2 aromatic rings. The van der Waals surface area contributed by atoms with Crippen LogP contribution in [0.25, 0.3) is 0 Å². The van der Waals surface area contributed by atoms with Crippen molar-refractivity contribution in [3.63, 3.8) is 0 Å². The predicted molar refractivity (Wildman–Crippen MR) is 66.1 cm³/mol. The number of benzene rings is 1. The van der Waals surface area contributed by atoms with E-state index in [-0.39, 0.29) is 11.3 Å². The maximum absolute atomic E-state index is 13.0. The number of aromatic carboxylic acids is 1. The van der Waals surface area contributed by atoms with E-state index >= 15 is 0 Å². The van der Waals surface area contributed by atoms with Gasteiger partial charge in [-0.3, -0.25) is 0 Å². The summed E-state index contributed by atoms with van der Waals surface area (Å²) < 4.78 is 25.8. The number of hydrogen-bond acceptors (Lipinski definition) is 4. The van der Waals surface area contributed by atoms with Crippen LogP contribution in [0, 0.1) is 11.6 Å². The van der Waals surface area contributed by atoms with Crippen LogP contribution < -0.4 is 5.73 Å². The number of rotatable bonds is 3. The second kappa shape index (κ2) is 5.23. The van der Waals surface area contributed by atoms with Crippen LogP contribution in [0.1, 0.15) is 10.4 Å². The standard InChI is InChI=1S/C12H8F2N2O2S/c13-8-2-1-6(3-9(8)14)19-11-4-7(12(17)18)10(15)5-16-11/h1-5H,15H2,(H,17,18). The SMILES string of the molecule is Nc1cnc(Sc2ccc(F)c(F)c2)cc1C(=O)O. The van der Waals surface area contributed by atoms with Crippen molar-refractivity contribution in [3.05, 3.63) is 47.7 Å². The highest BCUT2D eigenvalue weighted by Gasteiger charge is 2.11. The van der Waals surface area contributed by atoms with Crippen LogP contribution in [0.5, 0.6) is 0 Å². The number of halogens is 2. The second-order valence-corrected chi connectivity index (χ2v) is 4.69. The summed E-state index contributed by atoms with van der Waals surface area (Å²) in [5.74, 6) is -3.09. The Balaban J connectivity index is 2.30. The fraction of sp³-hybridized carbons (Fsp3) is 0. The highest BCUT2D eigenvalue weighted by atomic mass is 32.2. The fourth-order valence-electron chi connectivity index (χ4n) is 1.35. The van der Waals surface area contributed by atoms with Gasteiger partial charge in [0, 0.05) is 4.90 Å². The number of pyridine rings is 1. The quantitative estimate of drug-likeness (QED) is 0.905. The van der Waals surface area contributed by atoms with E-state index in [0.29, 0.717) is 9.92 Å². The zero-order valence-corrected chi connectivity index (χ0v) is 10.2. The monoisotopic (exact) mass is 282 g/mol. The number of carboxylic acids is 1. The molecule has 0 aliphatic rings. The van der Waals surface area contributed by atoms with E-state index in [9.17, 15) is 13.6 Å². The molecule has 4 nitrogen and oxygen atoms in total. The lowest BCUT2D eigenvalue weighted by molar-refractivity contribution is 0.0697. The summed E-state index contributed by atoms with van der Waals surface area (Å²) in [7, 11) is 0. The Morgan fingerprint density at radius 3 is 2.63 bits per heavy atom. The molecule has 0 unspecified atom stereocenters. The third-order valence-electron chi connectivity index (χ3n) is 2.25. The number of nitrogen functional groups attached to an aromatic ring is 1. The van der Waals surface area contributed by atoms with Gasteiger partial charge >= 0.3 is 5.97 Å². The van der Waals surface area contributed by atoms with E-state index in [1.54, 1.807) is 0 Å². The Morgan fingerprint density at radius 1 is 1.26 bits per heavy atom. The van der Waals surface area contributed by atoms with E-state index < -0.39 is 17.6 Å². The van der Waals surface area contributed by atoms with Gasteiger partial charge in [0.15, 0.2) is 11.6 Å². The van der Waals surface area contributed by atoms with Crippen molar-refractivity contribution in [1.82, 2.24) is 4.98 Å². The smallest absolute Gasteiger partial charge is 0.337 e. The van der Waals surface area contributed by atoms with Gasteiger partial charge in [-0.15, -0.1) is 0 Å². The lowest BCUT2D eigenvalue weighted by Gasteiger charge is -2.04. The third-order valence-corrected chi connectivity index (χ3v) is 3.18. The van der Waals surface area contributed by atoms with Gasteiger partial charge in [-0.2, -0.15) is 0 Å². The van der Waals surface area contributed by atoms with Gasteiger partial charge in [0.05, 0.1) is 17.4 Å². The molecule has 19 heavy (non-hydrogen) atoms. The zero-order chi connectivity index (χ0) is 14.0. The zero-order valence-electron chi connectivity index (χ0n) is 9.43. The first kappa shape index (κ1) is 13.3. The van der Waals surface area contributed by atoms with Crippen molar-refractivity contribution in [1.29, 1.82) is 0 Å². The summed E-state index contributed by atoms with van der Waals surface area (Å²) in [4.78, 5) is 15.2. The number of nitrogens with two attached hydrogens (primary N) is 1. The average molecular weight is 282 g/mol. The number of hydrogen-bond donors (Lipinski definition) is 2. The molecule has 1 aromatic carbocycles. The molecule has 3 N–H and O–H groups in total. The molecule has 0 fully saturated rings. The van der Waals surface area contributed by atoms with Gasteiger partial charge in [-0.05, 0) is 24.3 Å². The van der Waals surface area contributed by atoms with E-state index in [2.05, 4.69) is 4.98 Å². The van der Waals surface area contributed by atoms with Crippen LogP contribution in [0.4, 0.5) is 14.5 Å². The molecular formula is C12H8F2N2O2S. The highest BCUT2D eigenvalue weighted by Crippen LogP contribution is 2.28. The highest BCUT2D eigenvalue weighted by molar-refractivity contribution is 7.99. The Hall–Kier alpha value is -2.15. The number of nitrogens with zero attached hydrogens (tertiary/aromatic N) is 1. The molecule has 0 aliphatic carbocycles. The Kier molecular flexibility index (Phi) is 3.66. The molecule has 0 radical (unpaired) electrons. The minimum Gasteiger partial charge on any atom is -0.478 e. The number of carboxylic acid groups (broad SMARTS) is 1. The molecule has 2 rings (SSSR count). The summed E-state index contributed by atoms with van der Waals surface area (Å²) in [6.07, 6.45) is 1.21. The molecule has 1 aromatic heterocycles. The average Bonchev–Trinajstić information content (AvgIpc) is 2.36. The van der Waals surface area contributed by atoms with Gasteiger partial charge in [0.25, 0.3) is 0 Å². The van der Waals surface area contributed by atoms with Gasteiger partial charge in [0.2, 0.25) is 0 Å². The lowest BCUT2D eigenvalue weighted by Crippen LogP contribution is -2.03. The minimum absolute atomic E-state index is 0.0436. The second-order valence-electron chi connectivity index (χ2n) is 3.59. The van der Waals surface area contributed by atoms with Crippen molar-refractivity contribution >= 4 is 23.4 Å². The first-order valence-electron chi connectivity index (χ1n) is 5.09. The molecule has 1 heterocycles. The number of carbonyl (C=O) groups is 1. The van der Waals surface area contributed by atoms with Gasteiger partial charge < -0.3 is 10.8 Å². The third kappa shape index (κ3) is 3.00. The summed E-state index contributed by atoms with van der Waals surface area (Å²) in [6.45, 7) is 0. The van der Waals surface area contributed by atoms with E-state index in [0.717, 1.165) is 23.9 Å². The molecule has 0 saturated carbocycles. The van der Waals surface area contributed by atoms with E-state index in [1.165, 1.54) is 18.3 Å². The molecule has 98 valence electrons. The topological polar surface area (TPSA) is 76.2 Å². The maximum Gasteiger partial charge on any atom is 0.337 e. The minimum atomic E-state index is -1.17. The van der Waals surface area contributed by atoms with Crippen LogP contribution >= 0.6 is 11.8 Å². The van der Waals surface area contributed by atoms with Crippen LogP contribution in [0.15, 0.2) is 40.4 Å². The molecule has 0 atom stereocenters. The maximum atomic E-state index is 13.0. The van der Waals surface area contributed by atoms with E-state index in [4.69, 9.17) is 10.8 Å².